The van der Waals surface area contributed by atoms with Gasteiger partial charge in [-0.25, -0.2) is 19.2 Å². The zero-order chi connectivity index (χ0) is 25.9. The maximum Gasteiger partial charge on any atom is 0.333 e. The predicted octanol–water partition coefficient (Wildman–Crippen LogP) is 4.06. The molecule has 9 nitrogen and oxygen atoms in total. The molecule has 6 rings (SSSR count). The second-order valence-corrected chi connectivity index (χ2v) is 10.4. The summed E-state index contributed by atoms with van der Waals surface area (Å²) in [5.41, 5.74) is 1.76. The molecule has 2 aliphatic heterocycles. The molecule has 0 atom stereocenters. The van der Waals surface area contributed by atoms with Gasteiger partial charge in [-0.05, 0) is 68.9 Å². The molecule has 0 amide bonds. The topological polar surface area (TPSA) is 86.4 Å². The van der Waals surface area contributed by atoms with E-state index in [2.05, 4.69) is 15.2 Å². The van der Waals surface area contributed by atoms with E-state index in [0.29, 0.717) is 48.3 Å². The molecule has 1 N–H and O–H groups in total. The molecule has 4 heterocycles. The average molecular weight is 559 g/mol. The molecule has 2 saturated heterocycles. The molecule has 1 saturated carbocycles. The minimum atomic E-state index is -0.343. The predicted molar refractivity (Wildman–Crippen MR) is 149 cm³/mol. The van der Waals surface area contributed by atoms with Gasteiger partial charge >= 0.3 is 5.69 Å². The lowest BCUT2D eigenvalue weighted by molar-refractivity contribution is 0.00790. The van der Waals surface area contributed by atoms with Crippen LogP contribution in [0.25, 0.3) is 17.1 Å². The lowest BCUT2D eigenvalue weighted by Gasteiger charge is -2.38. The van der Waals surface area contributed by atoms with Crippen molar-refractivity contribution in [3.63, 3.8) is 0 Å². The first-order valence-corrected chi connectivity index (χ1v) is 13.7. The van der Waals surface area contributed by atoms with Crippen LogP contribution in [0.4, 0.5) is 10.3 Å². The van der Waals surface area contributed by atoms with Crippen molar-refractivity contribution >= 4 is 18.4 Å². The fraction of sp³-hybridized carbons (Fsp3) is 0.536. The van der Waals surface area contributed by atoms with Gasteiger partial charge in [0, 0.05) is 56.8 Å². The molecule has 3 aliphatic rings. The summed E-state index contributed by atoms with van der Waals surface area (Å²) in [7, 11) is 0. The number of benzene rings is 1. The first-order valence-electron chi connectivity index (χ1n) is 13.7. The van der Waals surface area contributed by atoms with Gasteiger partial charge in [-0.15, -0.1) is 12.4 Å². The summed E-state index contributed by atoms with van der Waals surface area (Å²) in [5.74, 6) is 0.221. The number of hydrogen-bond donors (Lipinski definition) is 1. The molecule has 3 fully saturated rings. The number of halogens is 2. The quantitative estimate of drug-likeness (QED) is 0.488. The molecule has 0 unspecified atom stereocenters. The molecule has 0 radical (unpaired) electrons. The Morgan fingerprint density at radius 3 is 2.28 bits per heavy atom. The zero-order valence-electron chi connectivity index (χ0n) is 22.0. The number of aromatic nitrogens is 4. The molecular weight excluding hydrogens is 523 g/mol. The number of nitrogens with one attached hydrogen (secondary N) is 1. The third-order valence-electron chi connectivity index (χ3n) is 8.09. The van der Waals surface area contributed by atoms with E-state index in [1.807, 2.05) is 12.3 Å². The van der Waals surface area contributed by atoms with E-state index >= 15 is 0 Å². The van der Waals surface area contributed by atoms with Crippen LogP contribution in [0.5, 0.6) is 0 Å². The third kappa shape index (κ3) is 6.19. The summed E-state index contributed by atoms with van der Waals surface area (Å²) in [6.07, 6.45) is 9.58. The molecule has 1 aromatic carbocycles. The standard InChI is InChI=1S/C28H35FN6O3.ClH/c29-20-1-5-24(6-2-20)35-26(19-34(28(35)36)23-10-15-37-16-11-23)25-9-12-30-27(32-25)31-21-3-7-22(8-4-21)33-13-17-38-18-14-33;/h1-2,5-6,9,12,19,21-23H,3-4,7-8,10-11,13-18H2,(H,30,31,32);1H. The van der Waals surface area contributed by atoms with Crippen LogP contribution in [0.1, 0.15) is 44.6 Å². The summed E-state index contributed by atoms with van der Waals surface area (Å²) in [4.78, 5) is 25.5. The second kappa shape index (κ2) is 12.6. The minimum Gasteiger partial charge on any atom is -0.381 e. The SMILES string of the molecule is Cl.O=c1n(C2CCOCC2)cc(-c2ccnc(NC3CCC(N4CCOCC4)CC3)n2)n1-c1ccc(F)cc1. The highest BCUT2D eigenvalue weighted by molar-refractivity contribution is 5.85. The average Bonchev–Trinajstić information content (AvgIpc) is 3.32. The van der Waals surface area contributed by atoms with Gasteiger partial charge in [0.2, 0.25) is 5.95 Å². The van der Waals surface area contributed by atoms with E-state index in [1.165, 1.54) is 12.1 Å². The van der Waals surface area contributed by atoms with E-state index in [9.17, 15) is 9.18 Å². The number of rotatable bonds is 6. The molecule has 1 aliphatic carbocycles. The zero-order valence-corrected chi connectivity index (χ0v) is 22.8. The largest absolute Gasteiger partial charge is 0.381 e. The fourth-order valence-corrected chi connectivity index (χ4v) is 5.99. The van der Waals surface area contributed by atoms with Gasteiger partial charge in [-0.2, -0.15) is 0 Å². The highest BCUT2D eigenvalue weighted by Gasteiger charge is 2.28. The Balaban J connectivity index is 0.00000308. The number of ether oxygens (including phenoxy) is 2. The summed E-state index contributed by atoms with van der Waals surface area (Å²) in [6, 6.07) is 8.81. The fourth-order valence-electron chi connectivity index (χ4n) is 5.99. The van der Waals surface area contributed by atoms with Gasteiger partial charge in [0.25, 0.3) is 0 Å². The smallest absolute Gasteiger partial charge is 0.333 e. The summed E-state index contributed by atoms with van der Waals surface area (Å²) < 4.78 is 28.1. The first kappa shape index (κ1) is 27.8. The van der Waals surface area contributed by atoms with Crippen molar-refractivity contribution in [2.45, 2.75) is 56.7 Å². The van der Waals surface area contributed by atoms with Crippen LogP contribution in [0.3, 0.4) is 0 Å². The maximum absolute atomic E-state index is 13.7. The Kier molecular flexibility index (Phi) is 8.96. The van der Waals surface area contributed by atoms with Gasteiger partial charge in [-0.3, -0.25) is 14.0 Å². The van der Waals surface area contributed by atoms with Crippen molar-refractivity contribution in [2.24, 2.45) is 0 Å². The van der Waals surface area contributed by atoms with E-state index in [-0.39, 0.29) is 30.0 Å². The van der Waals surface area contributed by atoms with Gasteiger partial charge in [-0.1, -0.05) is 0 Å². The Morgan fingerprint density at radius 2 is 1.56 bits per heavy atom. The summed E-state index contributed by atoms with van der Waals surface area (Å²) in [6.45, 7) is 4.97. The Labute approximate surface area is 233 Å². The molecule has 0 bridgehead atoms. The number of imidazole rings is 1. The van der Waals surface area contributed by atoms with Gasteiger partial charge in [0.1, 0.15) is 5.82 Å². The normalized spacial score (nSPS) is 22.8. The van der Waals surface area contributed by atoms with Crippen molar-refractivity contribution in [1.82, 2.24) is 24.0 Å². The second-order valence-electron chi connectivity index (χ2n) is 10.4. The van der Waals surface area contributed by atoms with Crippen LogP contribution < -0.4 is 11.0 Å². The molecule has 11 heteroatoms. The minimum absolute atomic E-state index is 0. The van der Waals surface area contributed by atoms with Crippen LogP contribution in [0.2, 0.25) is 0 Å². The molecular formula is C28H36ClFN6O3. The Bertz CT molecular complexity index is 1280. The lowest BCUT2D eigenvalue weighted by Crippen LogP contribution is -2.46. The van der Waals surface area contributed by atoms with E-state index in [4.69, 9.17) is 14.5 Å². The van der Waals surface area contributed by atoms with Crippen LogP contribution in [-0.2, 0) is 9.47 Å². The summed E-state index contributed by atoms with van der Waals surface area (Å²) >= 11 is 0. The van der Waals surface area contributed by atoms with Crippen LogP contribution >= 0.6 is 12.4 Å². The molecule has 39 heavy (non-hydrogen) atoms. The molecule has 2 aromatic heterocycles. The van der Waals surface area contributed by atoms with Crippen molar-refractivity contribution in [3.8, 4) is 17.1 Å². The van der Waals surface area contributed by atoms with Crippen LogP contribution in [-0.4, -0.2) is 75.6 Å². The highest BCUT2D eigenvalue weighted by Crippen LogP contribution is 2.28. The highest BCUT2D eigenvalue weighted by atomic mass is 35.5. The number of hydrogen-bond acceptors (Lipinski definition) is 7. The molecule has 0 spiro atoms. The number of morpholine rings is 1. The molecule has 3 aromatic rings. The first-order chi connectivity index (χ1) is 18.7. The third-order valence-corrected chi connectivity index (χ3v) is 8.09. The number of anilines is 1. The lowest BCUT2D eigenvalue weighted by atomic mass is 9.90. The number of nitrogens with zero attached hydrogens (tertiary/aromatic N) is 5. The Hall–Kier alpha value is -2.79. The monoisotopic (exact) mass is 558 g/mol. The van der Waals surface area contributed by atoms with E-state index < -0.39 is 0 Å². The maximum atomic E-state index is 13.7. The van der Waals surface area contributed by atoms with Crippen LogP contribution in [0, 0.1) is 5.82 Å². The van der Waals surface area contributed by atoms with Crippen LogP contribution in [0.15, 0.2) is 47.5 Å². The van der Waals surface area contributed by atoms with Crippen molar-refractivity contribution in [3.05, 3.63) is 59.0 Å². The van der Waals surface area contributed by atoms with Crippen molar-refractivity contribution < 1.29 is 13.9 Å². The van der Waals surface area contributed by atoms with Gasteiger partial charge in [0.15, 0.2) is 0 Å². The van der Waals surface area contributed by atoms with Crippen molar-refractivity contribution in [2.75, 3.05) is 44.8 Å². The molecule has 210 valence electrons. The van der Waals surface area contributed by atoms with Gasteiger partial charge < -0.3 is 14.8 Å². The van der Waals surface area contributed by atoms with Crippen molar-refractivity contribution in [1.29, 1.82) is 0 Å². The van der Waals surface area contributed by atoms with E-state index in [1.54, 1.807) is 27.5 Å². The van der Waals surface area contributed by atoms with E-state index in [0.717, 1.165) is 64.8 Å². The van der Waals surface area contributed by atoms with Gasteiger partial charge in [0.05, 0.1) is 30.3 Å². The summed E-state index contributed by atoms with van der Waals surface area (Å²) in [5, 5.41) is 3.54. The Morgan fingerprint density at radius 1 is 0.872 bits per heavy atom.